The molecule has 0 saturated heterocycles. The van der Waals surface area contributed by atoms with E-state index in [0.717, 1.165) is 44.9 Å². The van der Waals surface area contributed by atoms with Gasteiger partial charge in [0.05, 0.1) is 39.9 Å². The highest BCUT2D eigenvalue weighted by atomic mass is 31.2. The number of hydrogen-bond donors (Lipinski definition) is 3. The van der Waals surface area contributed by atoms with Gasteiger partial charge in [0.2, 0.25) is 5.91 Å². The molecule has 1 amide bonds. The van der Waals surface area contributed by atoms with Crippen LogP contribution in [0.3, 0.4) is 0 Å². The number of hydrogen-bond acceptors (Lipinski definition) is 5. The second-order valence-corrected chi connectivity index (χ2v) is 26.7. The van der Waals surface area contributed by atoms with E-state index in [-0.39, 0.29) is 19.1 Å². The van der Waals surface area contributed by atoms with Crippen molar-refractivity contribution in [3.63, 3.8) is 0 Å². The summed E-state index contributed by atoms with van der Waals surface area (Å²) in [5.74, 6) is -0.183. The average molecular weight is 1130 g/mol. The summed E-state index contributed by atoms with van der Waals surface area (Å²) >= 11 is 0. The van der Waals surface area contributed by atoms with E-state index in [1.54, 1.807) is 6.08 Å². The molecule has 3 unspecified atom stereocenters. The van der Waals surface area contributed by atoms with Crippen molar-refractivity contribution in [2.24, 2.45) is 0 Å². The van der Waals surface area contributed by atoms with E-state index in [2.05, 4.69) is 43.5 Å². The quantitative estimate of drug-likeness (QED) is 0.0243. The SMILES string of the molecule is CCCCCCCCCCCCCC/C=C/CC/C=C/CC/C=C/C(O)C(COP(=O)(O)OCC[N+](C)(C)C)NC(=O)CCCCCCCCCCCCCCCCCCCCCCCCCCCCCCCCCCCCC. The third-order valence-corrected chi connectivity index (χ3v) is 17.1. The van der Waals surface area contributed by atoms with Crippen LogP contribution in [0.2, 0.25) is 0 Å². The Labute approximate surface area is 493 Å². The summed E-state index contributed by atoms with van der Waals surface area (Å²) in [6.07, 6.45) is 81.7. The Morgan fingerprint density at radius 1 is 0.418 bits per heavy atom. The van der Waals surface area contributed by atoms with Gasteiger partial charge < -0.3 is 19.8 Å². The number of unbranched alkanes of at least 4 members (excludes halogenated alkanes) is 48. The number of aliphatic hydroxyl groups is 1. The maximum Gasteiger partial charge on any atom is 0.472 e. The molecule has 9 heteroatoms. The van der Waals surface area contributed by atoms with E-state index in [0.29, 0.717) is 17.4 Å². The number of carbonyl (C=O) groups is 1. The van der Waals surface area contributed by atoms with Crippen molar-refractivity contribution in [2.45, 2.75) is 366 Å². The highest BCUT2D eigenvalue weighted by Gasteiger charge is 2.28. The van der Waals surface area contributed by atoms with Gasteiger partial charge in [0, 0.05) is 6.42 Å². The Balaban J connectivity index is 4.02. The lowest BCUT2D eigenvalue weighted by atomic mass is 10.0. The van der Waals surface area contributed by atoms with E-state index >= 15 is 0 Å². The molecule has 0 aliphatic heterocycles. The average Bonchev–Trinajstić information content (AvgIpc) is 3.42. The van der Waals surface area contributed by atoms with Gasteiger partial charge in [0.25, 0.3) is 0 Å². The summed E-state index contributed by atoms with van der Waals surface area (Å²) in [5.41, 5.74) is 0. The Hall–Kier alpha value is -1.28. The molecule has 0 aromatic carbocycles. The topological polar surface area (TPSA) is 105 Å². The number of nitrogens with one attached hydrogen (secondary N) is 1. The first kappa shape index (κ1) is 77.7. The molecule has 0 rings (SSSR count). The third-order valence-electron chi connectivity index (χ3n) is 16.1. The van der Waals surface area contributed by atoms with Crippen LogP contribution in [0.5, 0.6) is 0 Å². The molecular weight excluding hydrogens is 996 g/mol. The smallest absolute Gasteiger partial charge is 0.387 e. The molecule has 0 fully saturated rings. The first-order valence-corrected chi connectivity index (χ1v) is 36.4. The number of phosphoric ester groups is 1. The van der Waals surface area contributed by atoms with Crippen molar-refractivity contribution in [3.8, 4) is 0 Å². The van der Waals surface area contributed by atoms with Crippen LogP contribution in [-0.4, -0.2) is 73.4 Å². The van der Waals surface area contributed by atoms with Gasteiger partial charge in [-0.15, -0.1) is 0 Å². The number of phosphoric acid groups is 1. The first-order chi connectivity index (χ1) is 38.5. The molecule has 0 spiro atoms. The third kappa shape index (κ3) is 64.1. The number of quaternary nitrogens is 1. The monoisotopic (exact) mass is 1130 g/mol. The molecule has 0 heterocycles. The van der Waals surface area contributed by atoms with Gasteiger partial charge in [-0.1, -0.05) is 339 Å². The maximum atomic E-state index is 13.0. The maximum absolute atomic E-state index is 13.0. The van der Waals surface area contributed by atoms with E-state index < -0.39 is 20.0 Å². The van der Waals surface area contributed by atoms with Crippen molar-refractivity contribution in [3.05, 3.63) is 36.5 Å². The van der Waals surface area contributed by atoms with Crippen LogP contribution < -0.4 is 5.32 Å². The van der Waals surface area contributed by atoms with Gasteiger partial charge in [0.15, 0.2) is 0 Å². The number of likely N-dealkylation sites (N-methyl/N-ethyl adjacent to an activating group) is 1. The Morgan fingerprint density at radius 3 is 1.01 bits per heavy atom. The van der Waals surface area contributed by atoms with E-state index in [4.69, 9.17) is 9.05 Å². The normalized spacial score (nSPS) is 13.9. The summed E-state index contributed by atoms with van der Waals surface area (Å²) in [4.78, 5) is 23.4. The summed E-state index contributed by atoms with van der Waals surface area (Å²) in [6.45, 7) is 4.84. The second kappa shape index (κ2) is 61.3. The lowest BCUT2D eigenvalue weighted by Crippen LogP contribution is -2.45. The van der Waals surface area contributed by atoms with Crippen molar-refractivity contribution in [1.82, 2.24) is 5.32 Å². The van der Waals surface area contributed by atoms with Crippen LogP contribution >= 0.6 is 7.82 Å². The fourth-order valence-electron chi connectivity index (χ4n) is 10.7. The number of nitrogens with zero attached hydrogens (tertiary/aromatic N) is 1. The minimum absolute atomic E-state index is 0.0553. The number of amides is 1. The van der Waals surface area contributed by atoms with E-state index in [1.165, 1.54) is 289 Å². The zero-order valence-corrected chi connectivity index (χ0v) is 54.5. The van der Waals surface area contributed by atoms with Crippen LogP contribution in [0.4, 0.5) is 0 Å². The first-order valence-electron chi connectivity index (χ1n) is 34.9. The molecule has 0 aliphatic carbocycles. The summed E-state index contributed by atoms with van der Waals surface area (Å²) in [7, 11) is 1.56. The Kier molecular flexibility index (Phi) is 60.3. The predicted octanol–water partition coefficient (Wildman–Crippen LogP) is 22.1. The molecule has 0 radical (unpaired) electrons. The van der Waals surface area contributed by atoms with Gasteiger partial charge >= 0.3 is 7.82 Å². The highest BCUT2D eigenvalue weighted by Crippen LogP contribution is 2.43. The summed E-state index contributed by atoms with van der Waals surface area (Å²) < 4.78 is 23.8. The van der Waals surface area contributed by atoms with Crippen LogP contribution in [0.25, 0.3) is 0 Å². The van der Waals surface area contributed by atoms with Crippen molar-refractivity contribution >= 4 is 13.7 Å². The molecule has 0 bridgehead atoms. The highest BCUT2D eigenvalue weighted by molar-refractivity contribution is 7.47. The fraction of sp³-hybridized carbons (Fsp3) is 0.900. The van der Waals surface area contributed by atoms with Crippen molar-refractivity contribution < 1.29 is 32.9 Å². The van der Waals surface area contributed by atoms with Crippen LogP contribution in [0.15, 0.2) is 36.5 Å². The lowest BCUT2D eigenvalue weighted by molar-refractivity contribution is -0.870. The van der Waals surface area contributed by atoms with Gasteiger partial charge in [-0.2, -0.15) is 0 Å². The lowest BCUT2D eigenvalue weighted by Gasteiger charge is -2.25. The van der Waals surface area contributed by atoms with Gasteiger partial charge in [-0.25, -0.2) is 4.57 Å². The number of allylic oxidation sites excluding steroid dienone is 5. The van der Waals surface area contributed by atoms with Crippen molar-refractivity contribution in [2.75, 3.05) is 40.9 Å². The van der Waals surface area contributed by atoms with Gasteiger partial charge in [-0.05, 0) is 44.9 Å². The van der Waals surface area contributed by atoms with Crippen LogP contribution in [0, 0.1) is 0 Å². The molecule has 0 aromatic heterocycles. The molecular formula is C70H138N2O6P+. The standard InChI is InChI=1S/C70H137N2O6P/c1-6-8-10-12-14-16-18-20-22-24-26-28-30-31-32-33-34-35-36-37-38-39-40-41-42-44-46-48-50-52-54-56-58-60-62-64-70(74)71-68(67-78-79(75,76)77-66-65-72(3,4)5)69(73)63-61-59-57-55-53-51-49-47-45-43-29-27-25-23-21-19-17-15-13-11-9-7-2/h45,47,53,55,61,63,68-69,73H,6-44,46,48-52,54,56-60,62,64-67H2,1-5H3,(H-,71,74,75,76)/p+1/b47-45+,55-53+,63-61+. The molecule has 0 aliphatic rings. The molecule has 79 heavy (non-hydrogen) atoms. The zero-order valence-electron chi connectivity index (χ0n) is 53.6. The van der Waals surface area contributed by atoms with Crippen LogP contribution in [0.1, 0.15) is 354 Å². The largest absolute Gasteiger partial charge is 0.472 e. The Bertz CT molecular complexity index is 1380. The van der Waals surface area contributed by atoms with Crippen molar-refractivity contribution in [1.29, 1.82) is 0 Å². The number of aliphatic hydroxyl groups excluding tert-OH is 1. The number of carbonyl (C=O) groups excluding carboxylic acids is 1. The molecule has 8 nitrogen and oxygen atoms in total. The Morgan fingerprint density at radius 2 is 0.696 bits per heavy atom. The fourth-order valence-corrected chi connectivity index (χ4v) is 11.4. The summed E-state index contributed by atoms with van der Waals surface area (Å²) in [6, 6.07) is -0.869. The zero-order chi connectivity index (χ0) is 57.7. The molecule has 3 atom stereocenters. The minimum Gasteiger partial charge on any atom is -0.387 e. The van der Waals surface area contributed by atoms with Gasteiger partial charge in [0.1, 0.15) is 13.2 Å². The predicted molar refractivity (Wildman–Crippen MR) is 346 cm³/mol. The molecule has 3 N–H and O–H groups in total. The molecule has 468 valence electrons. The minimum atomic E-state index is -4.36. The molecule has 0 aromatic rings. The number of rotatable bonds is 65. The van der Waals surface area contributed by atoms with E-state index in [9.17, 15) is 19.4 Å². The molecule has 0 saturated carbocycles. The van der Waals surface area contributed by atoms with E-state index in [1.807, 2.05) is 27.2 Å². The second-order valence-electron chi connectivity index (χ2n) is 25.3. The summed E-state index contributed by atoms with van der Waals surface area (Å²) in [5, 5.41) is 14.0. The van der Waals surface area contributed by atoms with Crippen LogP contribution in [-0.2, 0) is 18.4 Å². The van der Waals surface area contributed by atoms with Gasteiger partial charge in [-0.3, -0.25) is 13.8 Å².